The van der Waals surface area contributed by atoms with Crippen molar-refractivity contribution in [1.82, 2.24) is 30.6 Å². The van der Waals surface area contributed by atoms with Crippen molar-refractivity contribution in [2.75, 3.05) is 13.1 Å². The summed E-state index contributed by atoms with van der Waals surface area (Å²) in [6, 6.07) is 0. The highest BCUT2D eigenvalue weighted by molar-refractivity contribution is 6.00. The first-order valence-corrected chi connectivity index (χ1v) is 6.62. The van der Waals surface area contributed by atoms with Gasteiger partial charge in [-0.3, -0.25) is 15.3 Å². The Bertz CT molecular complexity index is 603. The molecule has 1 aliphatic heterocycles. The summed E-state index contributed by atoms with van der Waals surface area (Å²) in [5.41, 5.74) is 5.52. The maximum atomic E-state index is 12.4. The van der Waals surface area contributed by atoms with Gasteiger partial charge in [0.2, 0.25) is 0 Å². The van der Waals surface area contributed by atoms with Crippen molar-refractivity contribution in [1.29, 1.82) is 0 Å². The van der Waals surface area contributed by atoms with Crippen LogP contribution in [0.2, 0.25) is 0 Å². The van der Waals surface area contributed by atoms with E-state index in [0.29, 0.717) is 11.3 Å². The second-order valence-electron chi connectivity index (χ2n) is 4.83. The lowest BCUT2D eigenvalue weighted by atomic mass is 10.1. The second-order valence-corrected chi connectivity index (χ2v) is 4.83. The third kappa shape index (κ3) is 2.39. The first-order valence-electron chi connectivity index (χ1n) is 6.62. The maximum absolute atomic E-state index is 12.4. The summed E-state index contributed by atoms with van der Waals surface area (Å²) in [6.07, 6.45) is 6.98. The van der Waals surface area contributed by atoms with E-state index >= 15 is 0 Å². The normalized spacial score (nSPS) is 15.4. The summed E-state index contributed by atoms with van der Waals surface area (Å²) >= 11 is 0. The number of aromatic nitrogens is 4. The van der Waals surface area contributed by atoms with Gasteiger partial charge in [0.25, 0.3) is 5.91 Å². The molecule has 104 valence electrons. The molecule has 0 atom stereocenters. The number of nitrogens with zero attached hydrogens (tertiary/aromatic N) is 4. The van der Waals surface area contributed by atoms with E-state index in [0.717, 1.165) is 37.2 Å². The topological polar surface area (TPSA) is 86.8 Å². The van der Waals surface area contributed by atoms with E-state index < -0.39 is 0 Å². The molecule has 2 aromatic heterocycles. The lowest BCUT2D eigenvalue weighted by molar-refractivity contribution is 0.0826. The molecular weight excluding hydrogens is 256 g/mol. The highest BCUT2D eigenvalue weighted by atomic mass is 16.2. The lowest BCUT2D eigenvalue weighted by Gasteiger charge is -2.16. The van der Waals surface area contributed by atoms with E-state index in [1.807, 2.05) is 11.9 Å². The number of carbonyl (C=O) groups is 1. The molecule has 1 fully saturated rings. The second kappa shape index (κ2) is 5.38. The molecule has 20 heavy (non-hydrogen) atoms. The molecule has 3 heterocycles. The molecule has 0 bridgehead atoms. The Morgan fingerprint density at radius 3 is 2.70 bits per heavy atom. The van der Waals surface area contributed by atoms with E-state index in [4.69, 9.17) is 0 Å². The van der Waals surface area contributed by atoms with Crippen LogP contribution >= 0.6 is 0 Å². The van der Waals surface area contributed by atoms with E-state index in [2.05, 4.69) is 25.6 Å². The molecule has 7 heteroatoms. The van der Waals surface area contributed by atoms with Crippen LogP contribution in [0, 0.1) is 6.92 Å². The third-order valence-corrected chi connectivity index (χ3v) is 3.37. The first kappa shape index (κ1) is 12.7. The monoisotopic (exact) mass is 272 g/mol. The Morgan fingerprint density at radius 2 is 2.00 bits per heavy atom. The van der Waals surface area contributed by atoms with Gasteiger partial charge in [0, 0.05) is 36.7 Å². The predicted molar refractivity (Wildman–Crippen MR) is 72.6 cm³/mol. The zero-order valence-electron chi connectivity index (χ0n) is 11.3. The van der Waals surface area contributed by atoms with Gasteiger partial charge in [-0.2, -0.15) is 5.10 Å². The van der Waals surface area contributed by atoms with Gasteiger partial charge in [-0.25, -0.2) is 15.0 Å². The quantitative estimate of drug-likeness (QED) is 0.867. The van der Waals surface area contributed by atoms with Crippen LogP contribution in [0.5, 0.6) is 0 Å². The number of hydrogen-bond donors (Lipinski definition) is 2. The smallest absolute Gasteiger partial charge is 0.269 e. The van der Waals surface area contributed by atoms with Gasteiger partial charge in [0.05, 0.1) is 5.56 Å². The number of rotatable bonds is 3. The molecule has 1 amide bonds. The van der Waals surface area contributed by atoms with Crippen LogP contribution < -0.4 is 5.43 Å². The zero-order valence-corrected chi connectivity index (χ0v) is 11.3. The predicted octanol–water partition coefficient (Wildman–Crippen LogP) is 0.916. The number of amides is 1. The number of carbonyl (C=O) groups excluding carboxylic acids is 1. The van der Waals surface area contributed by atoms with Gasteiger partial charge in [0.1, 0.15) is 12.0 Å². The fraction of sp³-hybridized carbons (Fsp3) is 0.385. The maximum Gasteiger partial charge on any atom is 0.269 e. The number of hydrazine groups is 1. The van der Waals surface area contributed by atoms with E-state index in [1.54, 1.807) is 12.4 Å². The Morgan fingerprint density at radius 1 is 1.30 bits per heavy atom. The van der Waals surface area contributed by atoms with Gasteiger partial charge in [-0.1, -0.05) is 0 Å². The number of hydrogen-bond acceptors (Lipinski definition) is 5. The van der Waals surface area contributed by atoms with Gasteiger partial charge >= 0.3 is 0 Å². The van der Waals surface area contributed by atoms with Crippen LogP contribution in [-0.2, 0) is 0 Å². The molecule has 1 aliphatic rings. The standard InChI is InChI=1S/C13H16N6O/c1-9-11(13(20)18-19-4-2-3-5-19)12(17-16-9)10-6-14-8-15-7-10/h6-8H,2-5H2,1H3,(H,16,17)(H,18,20). The molecule has 2 aromatic rings. The molecule has 2 N–H and O–H groups in total. The zero-order chi connectivity index (χ0) is 13.9. The molecule has 0 unspecified atom stereocenters. The minimum atomic E-state index is -0.142. The van der Waals surface area contributed by atoms with Crippen LogP contribution in [0.15, 0.2) is 18.7 Å². The minimum Gasteiger partial charge on any atom is -0.285 e. The van der Waals surface area contributed by atoms with Crippen molar-refractivity contribution in [3.05, 3.63) is 30.0 Å². The fourth-order valence-corrected chi connectivity index (χ4v) is 2.37. The number of H-pyrrole nitrogens is 1. The Kier molecular flexibility index (Phi) is 3.42. The van der Waals surface area contributed by atoms with Crippen LogP contribution in [0.4, 0.5) is 0 Å². The average molecular weight is 272 g/mol. The van der Waals surface area contributed by atoms with Crippen molar-refractivity contribution >= 4 is 5.91 Å². The molecule has 0 radical (unpaired) electrons. The fourth-order valence-electron chi connectivity index (χ4n) is 2.37. The van der Waals surface area contributed by atoms with Crippen molar-refractivity contribution in [3.8, 4) is 11.3 Å². The summed E-state index contributed by atoms with van der Waals surface area (Å²) < 4.78 is 0. The molecule has 0 spiro atoms. The molecule has 0 aliphatic carbocycles. The van der Waals surface area contributed by atoms with Crippen LogP contribution in [0.1, 0.15) is 28.9 Å². The van der Waals surface area contributed by atoms with Crippen LogP contribution in [-0.4, -0.2) is 44.2 Å². The summed E-state index contributed by atoms with van der Waals surface area (Å²) in [5.74, 6) is -0.142. The van der Waals surface area contributed by atoms with E-state index in [-0.39, 0.29) is 5.91 Å². The van der Waals surface area contributed by atoms with Gasteiger partial charge in [-0.05, 0) is 19.8 Å². The molecule has 3 rings (SSSR count). The number of aromatic amines is 1. The summed E-state index contributed by atoms with van der Waals surface area (Å²) in [6.45, 7) is 3.62. The Balaban J connectivity index is 1.89. The van der Waals surface area contributed by atoms with Crippen molar-refractivity contribution < 1.29 is 4.79 Å². The molecule has 0 saturated carbocycles. The highest BCUT2D eigenvalue weighted by Crippen LogP contribution is 2.22. The SMILES string of the molecule is Cc1[nH]nc(-c2cncnc2)c1C(=O)NN1CCCC1. The molecule has 0 aromatic carbocycles. The molecule has 1 saturated heterocycles. The van der Waals surface area contributed by atoms with Crippen LogP contribution in [0.25, 0.3) is 11.3 Å². The molecule has 7 nitrogen and oxygen atoms in total. The summed E-state index contributed by atoms with van der Waals surface area (Å²) in [4.78, 5) is 20.4. The Labute approximate surface area is 116 Å². The summed E-state index contributed by atoms with van der Waals surface area (Å²) in [7, 11) is 0. The minimum absolute atomic E-state index is 0.142. The Hall–Kier alpha value is -2.28. The average Bonchev–Trinajstić information content (AvgIpc) is 3.09. The molecular formula is C13H16N6O. The van der Waals surface area contributed by atoms with Crippen LogP contribution in [0.3, 0.4) is 0 Å². The number of aryl methyl sites for hydroxylation is 1. The first-order chi connectivity index (χ1) is 9.75. The largest absolute Gasteiger partial charge is 0.285 e. The van der Waals surface area contributed by atoms with Gasteiger partial charge in [-0.15, -0.1) is 0 Å². The summed E-state index contributed by atoms with van der Waals surface area (Å²) in [5, 5.41) is 9.00. The van der Waals surface area contributed by atoms with Gasteiger partial charge in [0.15, 0.2) is 0 Å². The van der Waals surface area contributed by atoms with E-state index in [9.17, 15) is 4.79 Å². The van der Waals surface area contributed by atoms with Crippen molar-refractivity contribution in [3.63, 3.8) is 0 Å². The number of nitrogens with one attached hydrogen (secondary N) is 2. The van der Waals surface area contributed by atoms with Crippen molar-refractivity contribution in [2.24, 2.45) is 0 Å². The van der Waals surface area contributed by atoms with Crippen molar-refractivity contribution in [2.45, 2.75) is 19.8 Å². The lowest BCUT2D eigenvalue weighted by Crippen LogP contribution is -2.40. The van der Waals surface area contributed by atoms with E-state index in [1.165, 1.54) is 6.33 Å². The highest BCUT2D eigenvalue weighted by Gasteiger charge is 2.22. The third-order valence-electron chi connectivity index (χ3n) is 3.37. The van der Waals surface area contributed by atoms with Gasteiger partial charge < -0.3 is 0 Å².